The van der Waals surface area contributed by atoms with E-state index in [4.69, 9.17) is 0 Å². The molecule has 0 aromatic heterocycles. The normalized spacial score (nSPS) is 47.9. The molecule has 4 fully saturated rings. The molecule has 2 N–H and O–H groups in total. The minimum absolute atomic E-state index is 0.0787. The van der Waals surface area contributed by atoms with Crippen LogP contribution in [0.1, 0.15) is 92.9 Å². The molecule has 0 aromatic rings. The summed E-state index contributed by atoms with van der Waals surface area (Å²) < 4.78 is 0. The molecular weight excluding hydrogens is 458 g/mol. The van der Waals surface area contributed by atoms with Crippen LogP contribution in [0.3, 0.4) is 0 Å². The second-order valence-electron chi connectivity index (χ2n) is 15.0. The van der Waals surface area contributed by atoms with Gasteiger partial charge in [-0.25, -0.2) is 0 Å². The average molecular weight is 506 g/mol. The number of rotatable bonds is 2. The minimum Gasteiger partial charge on any atom is -0.504 e. The van der Waals surface area contributed by atoms with Gasteiger partial charge in [-0.2, -0.15) is 0 Å². The van der Waals surface area contributed by atoms with E-state index in [-0.39, 0.29) is 33.9 Å². The summed E-state index contributed by atoms with van der Waals surface area (Å²) in [5.41, 5.74) is 5.22. The largest absolute Gasteiger partial charge is 0.504 e. The molecule has 0 spiro atoms. The lowest BCUT2D eigenvalue weighted by molar-refractivity contribution is -0.163. The van der Waals surface area contributed by atoms with E-state index in [9.17, 15) is 15.0 Å². The van der Waals surface area contributed by atoms with Crippen molar-refractivity contribution < 1.29 is 15.0 Å². The summed E-state index contributed by atoms with van der Waals surface area (Å²) in [6, 6.07) is 0. The zero-order valence-electron chi connectivity index (χ0n) is 23.9. The molecule has 1 heterocycles. The Labute approximate surface area is 223 Å². The number of fused-ring (bicyclic) bond motifs is 7. The van der Waals surface area contributed by atoms with Crippen molar-refractivity contribution in [2.24, 2.45) is 33.0 Å². The molecule has 3 saturated carbocycles. The fourth-order valence-electron chi connectivity index (χ4n) is 10.2. The third kappa shape index (κ3) is 3.43. The molecule has 0 radical (unpaired) electrons. The first kappa shape index (κ1) is 25.6. The van der Waals surface area contributed by atoms with E-state index >= 15 is 0 Å². The number of allylic oxidation sites excluding steroid dienone is 7. The molecule has 6 rings (SSSR count). The Morgan fingerprint density at radius 1 is 1.00 bits per heavy atom. The topological polar surface area (TPSA) is 60.8 Å². The molecule has 1 saturated heterocycles. The van der Waals surface area contributed by atoms with Gasteiger partial charge in [-0.3, -0.25) is 4.79 Å². The van der Waals surface area contributed by atoms with E-state index in [1.165, 1.54) is 44.1 Å². The number of aliphatic hydroxyl groups is 2. The molecule has 5 aliphatic carbocycles. The Morgan fingerprint density at radius 3 is 2.43 bits per heavy atom. The summed E-state index contributed by atoms with van der Waals surface area (Å²) in [7, 11) is 0. The maximum atomic E-state index is 12.7. The van der Waals surface area contributed by atoms with Crippen LogP contribution in [0.25, 0.3) is 0 Å². The number of hydrogen-bond acceptors (Lipinski definition) is 4. The molecule has 4 heteroatoms. The molecule has 0 aromatic carbocycles. The molecule has 0 amide bonds. The van der Waals surface area contributed by atoms with Crippen molar-refractivity contribution in [2.75, 3.05) is 19.6 Å². The average Bonchev–Trinajstić information content (AvgIpc) is 3.25. The number of nitrogens with zero attached hydrogens (tertiary/aromatic N) is 1. The fraction of sp³-hybridized carbons (Fsp3) is 0.727. The molecule has 1 aliphatic heterocycles. The molecule has 4 nitrogen and oxygen atoms in total. The highest BCUT2D eigenvalue weighted by Crippen LogP contribution is 2.75. The minimum atomic E-state index is -0.239. The van der Waals surface area contributed by atoms with Gasteiger partial charge in [-0.05, 0) is 103 Å². The van der Waals surface area contributed by atoms with Crippen molar-refractivity contribution in [3.63, 3.8) is 0 Å². The van der Waals surface area contributed by atoms with Gasteiger partial charge in [-0.1, -0.05) is 52.3 Å². The number of ketones is 1. The first-order valence-corrected chi connectivity index (χ1v) is 14.8. The molecule has 0 bridgehead atoms. The highest BCUT2D eigenvalue weighted by atomic mass is 16.3. The zero-order chi connectivity index (χ0) is 26.6. The van der Waals surface area contributed by atoms with Crippen LogP contribution in [0.4, 0.5) is 0 Å². The third-order valence-corrected chi connectivity index (χ3v) is 12.8. The van der Waals surface area contributed by atoms with Crippen LogP contribution in [0.5, 0.6) is 0 Å². The highest BCUT2D eigenvalue weighted by Gasteiger charge is 2.66. The van der Waals surface area contributed by atoms with Gasteiger partial charge in [0.2, 0.25) is 5.78 Å². The summed E-state index contributed by atoms with van der Waals surface area (Å²) in [4.78, 5) is 15.2. The maximum Gasteiger partial charge on any atom is 0.220 e. The number of aliphatic hydroxyl groups excluding tert-OH is 2. The van der Waals surface area contributed by atoms with Gasteiger partial charge in [0, 0.05) is 30.6 Å². The van der Waals surface area contributed by atoms with Crippen molar-refractivity contribution in [3.05, 3.63) is 46.3 Å². The van der Waals surface area contributed by atoms with E-state index in [1.807, 2.05) is 6.92 Å². The van der Waals surface area contributed by atoms with Crippen LogP contribution < -0.4 is 0 Å². The first-order chi connectivity index (χ1) is 17.2. The summed E-state index contributed by atoms with van der Waals surface area (Å²) in [6.07, 6.45) is 15.6. The Kier molecular flexibility index (Phi) is 5.50. The summed E-state index contributed by atoms with van der Waals surface area (Å²) >= 11 is 0. The van der Waals surface area contributed by atoms with Gasteiger partial charge in [0.15, 0.2) is 5.76 Å². The SMILES string of the molecule is CC1=C(O)C(=O)C=C2C1=CC=C1[C@@]2(C)CC[C@@]2(C)[C@@H]3C[C@](C)(CN4CC[C@@H](O)C4)CC[C@]3(C)CC[C@]12C. The van der Waals surface area contributed by atoms with Crippen molar-refractivity contribution in [1.29, 1.82) is 0 Å². The summed E-state index contributed by atoms with van der Waals surface area (Å²) in [5, 5.41) is 20.5. The monoisotopic (exact) mass is 505 g/mol. The van der Waals surface area contributed by atoms with Crippen LogP contribution in [0, 0.1) is 33.0 Å². The van der Waals surface area contributed by atoms with Gasteiger partial charge in [0.05, 0.1) is 6.10 Å². The number of hydrogen-bond donors (Lipinski definition) is 2. The predicted octanol–water partition coefficient (Wildman–Crippen LogP) is 6.68. The lowest BCUT2D eigenvalue weighted by atomic mass is 9.34. The molecule has 202 valence electrons. The van der Waals surface area contributed by atoms with Crippen molar-refractivity contribution in [2.45, 2.75) is 99.0 Å². The Hall–Kier alpha value is -1.65. The third-order valence-electron chi connectivity index (χ3n) is 12.8. The second-order valence-corrected chi connectivity index (χ2v) is 15.0. The van der Waals surface area contributed by atoms with Crippen LogP contribution in [0.2, 0.25) is 0 Å². The molecular formula is C33H47NO3. The van der Waals surface area contributed by atoms with E-state index < -0.39 is 0 Å². The summed E-state index contributed by atoms with van der Waals surface area (Å²) in [6.45, 7) is 17.5. The highest BCUT2D eigenvalue weighted by molar-refractivity contribution is 6.06. The van der Waals surface area contributed by atoms with Gasteiger partial charge >= 0.3 is 0 Å². The fourth-order valence-corrected chi connectivity index (χ4v) is 10.2. The number of β-amino-alcohol motifs (C(OH)–C–C–N with tert-alkyl or cyclic N) is 1. The maximum absolute atomic E-state index is 12.7. The van der Waals surface area contributed by atoms with E-state index in [1.54, 1.807) is 6.08 Å². The van der Waals surface area contributed by atoms with Crippen molar-refractivity contribution in [1.82, 2.24) is 4.90 Å². The van der Waals surface area contributed by atoms with E-state index in [0.717, 1.165) is 49.2 Å². The predicted molar refractivity (Wildman–Crippen MR) is 148 cm³/mol. The van der Waals surface area contributed by atoms with E-state index in [2.05, 4.69) is 51.7 Å². The van der Waals surface area contributed by atoms with Crippen LogP contribution in [0.15, 0.2) is 46.3 Å². The Bertz CT molecular complexity index is 1180. The smallest absolute Gasteiger partial charge is 0.220 e. The molecule has 6 aliphatic rings. The molecule has 0 unspecified atom stereocenters. The lowest BCUT2D eigenvalue weighted by Gasteiger charge is -2.70. The second kappa shape index (κ2) is 7.94. The first-order valence-electron chi connectivity index (χ1n) is 14.8. The van der Waals surface area contributed by atoms with Gasteiger partial charge in [0.25, 0.3) is 0 Å². The quantitative estimate of drug-likeness (QED) is 0.439. The number of carbonyl (C=O) groups is 1. The standard InChI is InChI=1S/C33H47NO3/c1-21-23-7-8-26-31(4,24(23)17-25(36)28(21)37)13-15-33(6)27-18-29(2,20-34-16-9-22(35)19-34)10-11-30(27,3)12-14-32(26,33)5/h7-8,17,22,27,35,37H,9-16,18-20H2,1-6H3/t22-,27-,29-,30-,31+,32-,33+/m1/s1. The van der Waals surface area contributed by atoms with E-state index in [0.29, 0.717) is 16.7 Å². The van der Waals surface area contributed by atoms with Crippen LogP contribution in [-0.4, -0.2) is 46.6 Å². The zero-order valence-corrected chi connectivity index (χ0v) is 23.9. The molecule has 7 atom stereocenters. The van der Waals surface area contributed by atoms with Gasteiger partial charge in [-0.15, -0.1) is 0 Å². The Balaban J connectivity index is 1.38. The van der Waals surface area contributed by atoms with Gasteiger partial charge in [0.1, 0.15) is 0 Å². The van der Waals surface area contributed by atoms with Crippen molar-refractivity contribution in [3.8, 4) is 0 Å². The molecule has 37 heavy (non-hydrogen) atoms. The number of carbonyl (C=O) groups excluding carboxylic acids is 1. The lowest BCUT2D eigenvalue weighted by Crippen LogP contribution is -2.62. The number of likely N-dealkylation sites (tertiary alicyclic amines) is 1. The van der Waals surface area contributed by atoms with Gasteiger partial charge < -0.3 is 15.1 Å². The Morgan fingerprint density at radius 2 is 1.73 bits per heavy atom. The summed E-state index contributed by atoms with van der Waals surface area (Å²) in [5.74, 6) is 0.327. The van der Waals surface area contributed by atoms with Crippen LogP contribution >= 0.6 is 0 Å². The van der Waals surface area contributed by atoms with Crippen LogP contribution in [-0.2, 0) is 4.79 Å². The van der Waals surface area contributed by atoms with Crippen molar-refractivity contribution >= 4 is 5.78 Å².